The van der Waals surface area contributed by atoms with Crippen molar-refractivity contribution in [1.82, 2.24) is 4.98 Å². The first kappa shape index (κ1) is 14.0. The lowest BCUT2D eigenvalue weighted by Gasteiger charge is -2.06. The number of hydrogen-bond acceptors (Lipinski definition) is 5. The fourth-order valence-electron chi connectivity index (χ4n) is 1.31. The number of nitrogens with zero attached hydrogens (tertiary/aromatic N) is 2. The third kappa shape index (κ3) is 4.34. The van der Waals surface area contributed by atoms with E-state index in [2.05, 4.69) is 11.1 Å². The van der Waals surface area contributed by atoms with E-state index < -0.39 is 10.0 Å². The molecule has 1 aromatic heterocycles. The Bertz CT molecular complexity index is 562. The topological polar surface area (TPSA) is 96.8 Å². The quantitative estimate of drug-likeness (QED) is 0.822. The van der Waals surface area contributed by atoms with Crippen molar-refractivity contribution in [1.29, 1.82) is 5.26 Å². The molecular formula is C10H13N3O2S2. The van der Waals surface area contributed by atoms with Crippen LogP contribution in [0.4, 0.5) is 0 Å². The summed E-state index contributed by atoms with van der Waals surface area (Å²) in [7, 11) is -3.45. The van der Waals surface area contributed by atoms with Gasteiger partial charge in [-0.2, -0.15) is 5.26 Å². The zero-order valence-electron chi connectivity index (χ0n) is 9.60. The number of thioether (sulfide) groups is 1. The van der Waals surface area contributed by atoms with E-state index in [-0.39, 0.29) is 5.75 Å². The van der Waals surface area contributed by atoms with E-state index in [1.807, 2.05) is 6.92 Å². The van der Waals surface area contributed by atoms with Crippen LogP contribution in [-0.2, 0) is 10.0 Å². The normalized spacial score (nSPS) is 11.2. The molecule has 0 unspecified atom stereocenters. The van der Waals surface area contributed by atoms with Gasteiger partial charge in [0.1, 0.15) is 6.07 Å². The highest BCUT2D eigenvalue weighted by atomic mass is 32.2. The van der Waals surface area contributed by atoms with Crippen molar-refractivity contribution in [2.24, 2.45) is 5.14 Å². The van der Waals surface area contributed by atoms with Gasteiger partial charge in [-0.05, 0) is 19.9 Å². The number of nitriles is 1. The zero-order chi connectivity index (χ0) is 13.1. The molecule has 0 aliphatic heterocycles. The van der Waals surface area contributed by atoms with Gasteiger partial charge in [0.05, 0.1) is 17.0 Å². The Morgan fingerprint density at radius 1 is 1.53 bits per heavy atom. The van der Waals surface area contributed by atoms with Crippen LogP contribution in [-0.4, -0.2) is 24.9 Å². The van der Waals surface area contributed by atoms with Crippen LogP contribution in [0.15, 0.2) is 11.0 Å². The van der Waals surface area contributed by atoms with E-state index in [4.69, 9.17) is 10.4 Å². The van der Waals surface area contributed by atoms with E-state index in [0.717, 1.165) is 10.6 Å². The van der Waals surface area contributed by atoms with Gasteiger partial charge in [0.15, 0.2) is 0 Å². The van der Waals surface area contributed by atoms with Crippen LogP contribution in [0.25, 0.3) is 0 Å². The first-order valence-corrected chi connectivity index (χ1v) is 7.55. The smallest absolute Gasteiger partial charge is 0.209 e. The van der Waals surface area contributed by atoms with Crippen LogP contribution in [0.2, 0.25) is 0 Å². The molecule has 0 aromatic carbocycles. The van der Waals surface area contributed by atoms with Crippen molar-refractivity contribution < 1.29 is 8.42 Å². The highest BCUT2D eigenvalue weighted by Crippen LogP contribution is 2.24. The lowest BCUT2D eigenvalue weighted by atomic mass is 10.2. The molecule has 5 nitrogen and oxygen atoms in total. The Hall–Kier alpha value is -1.10. The summed E-state index contributed by atoms with van der Waals surface area (Å²) in [6.45, 7) is 3.59. The minimum absolute atomic E-state index is 0.108. The largest absolute Gasteiger partial charge is 0.257 e. The molecule has 0 saturated heterocycles. The monoisotopic (exact) mass is 271 g/mol. The SMILES string of the molecule is Cc1cc(SCCS(N)(=O)=O)c(C#N)c(C)n1. The molecule has 0 amide bonds. The minimum atomic E-state index is -3.45. The number of primary sulfonamides is 1. The van der Waals surface area contributed by atoms with Gasteiger partial charge < -0.3 is 0 Å². The first-order chi connectivity index (χ1) is 7.83. The van der Waals surface area contributed by atoms with Gasteiger partial charge in [0.25, 0.3) is 0 Å². The Balaban J connectivity index is 2.88. The standard InChI is InChI=1S/C10H13N3O2S2/c1-7-5-10(9(6-11)8(2)13-7)16-3-4-17(12,14)15/h5H,3-4H2,1-2H3,(H2,12,14,15). The summed E-state index contributed by atoms with van der Waals surface area (Å²) < 4.78 is 21.6. The molecule has 2 N–H and O–H groups in total. The highest BCUT2D eigenvalue weighted by Gasteiger charge is 2.10. The molecule has 0 fully saturated rings. The third-order valence-electron chi connectivity index (χ3n) is 2.03. The van der Waals surface area contributed by atoms with Crippen LogP contribution in [0.5, 0.6) is 0 Å². The van der Waals surface area contributed by atoms with Crippen LogP contribution in [0.3, 0.4) is 0 Å². The molecule has 17 heavy (non-hydrogen) atoms. The summed E-state index contributed by atoms with van der Waals surface area (Å²) in [5, 5.41) is 13.9. The molecule has 92 valence electrons. The number of sulfonamides is 1. The van der Waals surface area contributed by atoms with Crippen LogP contribution in [0.1, 0.15) is 17.0 Å². The van der Waals surface area contributed by atoms with Gasteiger partial charge in [0, 0.05) is 16.3 Å². The molecule has 0 bridgehead atoms. The number of pyridine rings is 1. The Morgan fingerprint density at radius 2 is 2.18 bits per heavy atom. The Morgan fingerprint density at radius 3 is 2.71 bits per heavy atom. The van der Waals surface area contributed by atoms with Crippen molar-refractivity contribution in [2.45, 2.75) is 18.7 Å². The van der Waals surface area contributed by atoms with Gasteiger partial charge in [-0.15, -0.1) is 11.8 Å². The molecule has 0 aliphatic carbocycles. The molecule has 1 rings (SSSR count). The van der Waals surface area contributed by atoms with Gasteiger partial charge in [-0.3, -0.25) is 4.98 Å². The molecule has 1 aromatic rings. The summed E-state index contributed by atoms with van der Waals surface area (Å²) >= 11 is 1.31. The van der Waals surface area contributed by atoms with E-state index in [1.54, 1.807) is 13.0 Å². The van der Waals surface area contributed by atoms with Gasteiger partial charge in [0.2, 0.25) is 10.0 Å². The van der Waals surface area contributed by atoms with E-state index in [0.29, 0.717) is 17.0 Å². The molecular weight excluding hydrogens is 258 g/mol. The van der Waals surface area contributed by atoms with Gasteiger partial charge >= 0.3 is 0 Å². The van der Waals surface area contributed by atoms with E-state index >= 15 is 0 Å². The van der Waals surface area contributed by atoms with Crippen molar-refractivity contribution in [3.05, 3.63) is 23.0 Å². The van der Waals surface area contributed by atoms with Crippen molar-refractivity contribution >= 4 is 21.8 Å². The van der Waals surface area contributed by atoms with Crippen LogP contribution in [0, 0.1) is 25.2 Å². The Labute approximate surface area is 105 Å². The number of nitrogens with two attached hydrogens (primary N) is 1. The van der Waals surface area contributed by atoms with Crippen molar-refractivity contribution in [2.75, 3.05) is 11.5 Å². The van der Waals surface area contributed by atoms with Crippen LogP contribution >= 0.6 is 11.8 Å². The molecule has 7 heteroatoms. The molecule has 0 radical (unpaired) electrons. The maximum Gasteiger partial charge on any atom is 0.209 e. The van der Waals surface area contributed by atoms with Gasteiger partial charge in [-0.25, -0.2) is 13.6 Å². The number of aryl methyl sites for hydroxylation is 2. The second kappa shape index (κ2) is 5.49. The summed E-state index contributed by atoms with van der Waals surface area (Å²) in [5.41, 5.74) is 1.96. The summed E-state index contributed by atoms with van der Waals surface area (Å²) in [4.78, 5) is 4.93. The molecule has 0 saturated carbocycles. The zero-order valence-corrected chi connectivity index (χ0v) is 11.2. The molecule has 1 heterocycles. The summed E-state index contributed by atoms with van der Waals surface area (Å²) in [6.07, 6.45) is 0. The van der Waals surface area contributed by atoms with Crippen molar-refractivity contribution in [3.8, 4) is 6.07 Å². The van der Waals surface area contributed by atoms with E-state index in [9.17, 15) is 8.42 Å². The predicted octanol–water partition coefficient (Wildman–Crippen LogP) is 0.951. The van der Waals surface area contributed by atoms with E-state index in [1.165, 1.54) is 11.8 Å². The number of rotatable bonds is 4. The number of hydrogen-bond donors (Lipinski definition) is 1. The molecule has 0 aliphatic rings. The second-order valence-electron chi connectivity index (χ2n) is 3.55. The maximum absolute atomic E-state index is 10.8. The fraction of sp³-hybridized carbons (Fsp3) is 0.400. The lowest BCUT2D eigenvalue weighted by molar-refractivity contribution is 0.599. The highest BCUT2D eigenvalue weighted by molar-refractivity contribution is 8.00. The molecule has 0 spiro atoms. The lowest BCUT2D eigenvalue weighted by Crippen LogP contribution is -2.17. The first-order valence-electron chi connectivity index (χ1n) is 4.85. The number of aromatic nitrogens is 1. The average Bonchev–Trinajstić information content (AvgIpc) is 2.14. The third-order valence-corrected chi connectivity index (χ3v) is 4.10. The molecule has 0 atom stereocenters. The summed E-state index contributed by atoms with van der Waals surface area (Å²) in [5.74, 6) is 0.222. The minimum Gasteiger partial charge on any atom is -0.257 e. The maximum atomic E-state index is 10.8. The van der Waals surface area contributed by atoms with Gasteiger partial charge in [-0.1, -0.05) is 0 Å². The predicted molar refractivity (Wildman–Crippen MR) is 67.1 cm³/mol. The average molecular weight is 271 g/mol. The second-order valence-corrected chi connectivity index (χ2v) is 6.42. The Kier molecular flexibility index (Phi) is 4.51. The fourth-order valence-corrected chi connectivity index (χ4v) is 3.38. The van der Waals surface area contributed by atoms with Crippen LogP contribution < -0.4 is 5.14 Å². The van der Waals surface area contributed by atoms with Crippen molar-refractivity contribution in [3.63, 3.8) is 0 Å². The summed E-state index contributed by atoms with van der Waals surface area (Å²) in [6, 6.07) is 3.85.